The summed E-state index contributed by atoms with van der Waals surface area (Å²) < 4.78 is 14.2. The van der Waals surface area contributed by atoms with E-state index in [-0.39, 0.29) is 5.60 Å². The third kappa shape index (κ3) is 5.56. The van der Waals surface area contributed by atoms with E-state index < -0.39 is 0 Å². The van der Waals surface area contributed by atoms with Crippen LogP contribution < -0.4 is 14.8 Å². The van der Waals surface area contributed by atoms with Crippen LogP contribution in [0, 0.1) is 0 Å². The van der Waals surface area contributed by atoms with E-state index in [1.807, 2.05) is 28.8 Å². The fraction of sp³-hybridized carbons (Fsp3) is 0.407. The SMILES string of the molecule is CC1(Oc2ncnc3c2nc(-c2ccc(OCCN4CCNCC4)cc2Cl)n3Cc2cc(Cl)ccn2)CC1. The molecule has 1 aliphatic carbocycles. The molecule has 6 rings (SSSR count). The Labute approximate surface area is 231 Å². The number of benzene rings is 1. The fourth-order valence-electron chi connectivity index (χ4n) is 4.55. The maximum atomic E-state index is 6.82. The molecule has 0 spiro atoms. The molecule has 38 heavy (non-hydrogen) atoms. The van der Waals surface area contributed by atoms with E-state index in [4.69, 9.17) is 37.7 Å². The van der Waals surface area contributed by atoms with Crippen LogP contribution in [0.4, 0.5) is 0 Å². The van der Waals surface area contributed by atoms with Crippen LogP contribution in [0.1, 0.15) is 25.5 Å². The number of halogens is 2. The Hall–Kier alpha value is -2.98. The second-order valence-electron chi connectivity index (χ2n) is 9.97. The molecule has 3 aromatic heterocycles. The van der Waals surface area contributed by atoms with Crippen molar-refractivity contribution in [2.45, 2.75) is 31.9 Å². The third-order valence-corrected chi connectivity index (χ3v) is 7.51. The Kier molecular flexibility index (Phi) is 7.09. The van der Waals surface area contributed by atoms with Crippen molar-refractivity contribution in [2.24, 2.45) is 0 Å². The molecule has 1 aromatic carbocycles. The van der Waals surface area contributed by atoms with Gasteiger partial charge in [-0.1, -0.05) is 23.2 Å². The lowest BCUT2D eigenvalue weighted by molar-refractivity contribution is 0.191. The molecule has 9 nitrogen and oxygen atoms in total. The third-order valence-electron chi connectivity index (χ3n) is 6.96. The zero-order chi connectivity index (χ0) is 26.1. The van der Waals surface area contributed by atoms with Gasteiger partial charge in [0, 0.05) is 49.5 Å². The molecule has 198 valence electrons. The van der Waals surface area contributed by atoms with Crippen LogP contribution in [0.15, 0.2) is 42.9 Å². The van der Waals surface area contributed by atoms with E-state index in [0.717, 1.165) is 62.6 Å². The summed E-state index contributed by atoms with van der Waals surface area (Å²) >= 11 is 13.1. The molecule has 1 saturated heterocycles. The Morgan fingerprint density at radius 3 is 2.66 bits per heavy atom. The molecule has 0 radical (unpaired) electrons. The van der Waals surface area contributed by atoms with Crippen molar-refractivity contribution in [1.82, 2.24) is 34.7 Å². The van der Waals surface area contributed by atoms with Crippen LogP contribution in [0.2, 0.25) is 10.0 Å². The number of nitrogens with one attached hydrogen (secondary N) is 1. The lowest BCUT2D eigenvalue weighted by Crippen LogP contribution is -2.44. The van der Waals surface area contributed by atoms with Gasteiger partial charge in [0.05, 0.1) is 17.3 Å². The Morgan fingerprint density at radius 2 is 1.89 bits per heavy atom. The van der Waals surface area contributed by atoms with Gasteiger partial charge in [-0.2, -0.15) is 4.98 Å². The largest absolute Gasteiger partial charge is 0.492 e. The number of piperazine rings is 1. The van der Waals surface area contributed by atoms with Gasteiger partial charge in [0.2, 0.25) is 5.88 Å². The molecular formula is C27H29Cl2N7O2. The molecule has 0 bridgehead atoms. The topological polar surface area (TPSA) is 90.2 Å². The van der Waals surface area contributed by atoms with Crippen LogP contribution in [0.25, 0.3) is 22.6 Å². The fourth-order valence-corrected chi connectivity index (χ4v) is 4.99. The molecule has 0 amide bonds. The summed E-state index contributed by atoms with van der Waals surface area (Å²) in [6.07, 6.45) is 5.17. The van der Waals surface area contributed by atoms with Gasteiger partial charge in [-0.3, -0.25) is 9.88 Å². The second kappa shape index (κ2) is 10.6. The smallest absolute Gasteiger partial charge is 0.245 e. The molecule has 11 heteroatoms. The molecule has 2 fully saturated rings. The van der Waals surface area contributed by atoms with Crippen molar-refractivity contribution in [3.63, 3.8) is 0 Å². The first-order valence-electron chi connectivity index (χ1n) is 12.8. The monoisotopic (exact) mass is 553 g/mol. The van der Waals surface area contributed by atoms with Crippen LogP contribution in [-0.4, -0.2) is 74.3 Å². The standard InChI is InChI=1S/C27H29Cl2N7O2/c1-27(5-6-27)38-26-23-25(32-17-33-26)36(16-19-14-18(28)4-7-31-19)24(34-23)21-3-2-20(15-22(21)29)37-13-12-35-10-8-30-9-11-35/h2-4,7,14-15,17,30H,5-6,8-13,16H2,1H3. The number of ether oxygens (including phenoxy) is 2. The van der Waals surface area contributed by atoms with E-state index in [9.17, 15) is 0 Å². The van der Waals surface area contributed by atoms with Gasteiger partial charge in [-0.25, -0.2) is 9.97 Å². The van der Waals surface area contributed by atoms with Gasteiger partial charge in [-0.05, 0) is 50.1 Å². The summed E-state index contributed by atoms with van der Waals surface area (Å²) in [6, 6.07) is 9.28. The van der Waals surface area contributed by atoms with Crippen molar-refractivity contribution in [2.75, 3.05) is 39.3 Å². The quantitative estimate of drug-likeness (QED) is 0.325. The van der Waals surface area contributed by atoms with E-state index >= 15 is 0 Å². The predicted molar refractivity (Wildman–Crippen MR) is 147 cm³/mol. The predicted octanol–water partition coefficient (Wildman–Crippen LogP) is 4.46. The summed E-state index contributed by atoms with van der Waals surface area (Å²) in [7, 11) is 0. The van der Waals surface area contributed by atoms with Crippen molar-refractivity contribution in [3.8, 4) is 23.0 Å². The lowest BCUT2D eigenvalue weighted by Gasteiger charge is -2.26. The van der Waals surface area contributed by atoms with Gasteiger partial charge in [0.15, 0.2) is 11.2 Å². The van der Waals surface area contributed by atoms with E-state index in [2.05, 4.69) is 32.1 Å². The van der Waals surface area contributed by atoms with Gasteiger partial charge in [-0.15, -0.1) is 0 Å². The van der Waals surface area contributed by atoms with Gasteiger partial charge in [0.1, 0.15) is 30.1 Å². The highest BCUT2D eigenvalue weighted by Crippen LogP contribution is 2.41. The molecule has 1 aliphatic heterocycles. The number of hydrogen-bond donors (Lipinski definition) is 1. The molecule has 1 N–H and O–H groups in total. The van der Waals surface area contributed by atoms with E-state index in [1.54, 1.807) is 12.3 Å². The maximum absolute atomic E-state index is 6.82. The zero-order valence-corrected chi connectivity index (χ0v) is 22.7. The van der Waals surface area contributed by atoms with Crippen LogP contribution in [0.3, 0.4) is 0 Å². The lowest BCUT2D eigenvalue weighted by atomic mass is 10.2. The zero-order valence-electron chi connectivity index (χ0n) is 21.2. The van der Waals surface area contributed by atoms with Crippen LogP contribution >= 0.6 is 23.2 Å². The Bertz CT molecular complexity index is 1450. The van der Waals surface area contributed by atoms with E-state index in [1.165, 1.54) is 6.33 Å². The summed E-state index contributed by atoms with van der Waals surface area (Å²) in [4.78, 5) is 20.8. The minimum absolute atomic E-state index is 0.207. The summed E-state index contributed by atoms with van der Waals surface area (Å²) in [5.41, 5.74) is 2.55. The molecule has 2 aliphatic rings. The summed E-state index contributed by atoms with van der Waals surface area (Å²) in [5.74, 6) is 1.84. The molecular weight excluding hydrogens is 525 g/mol. The summed E-state index contributed by atoms with van der Waals surface area (Å²) in [5, 5.41) is 4.51. The van der Waals surface area contributed by atoms with Crippen LogP contribution in [0.5, 0.6) is 11.6 Å². The van der Waals surface area contributed by atoms with Crippen molar-refractivity contribution >= 4 is 34.4 Å². The molecule has 0 unspecified atom stereocenters. The normalized spacial score (nSPS) is 17.0. The van der Waals surface area contributed by atoms with Crippen molar-refractivity contribution in [1.29, 1.82) is 0 Å². The molecule has 4 heterocycles. The average molecular weight is 554 g/mol. The maximum Gasteiger partial charge on any atom is 0.245 e. The van der Waals surface area contributed by atoms with Crippen LogP contribution in [-0.2, 0) is 6.54 Å². The van der Waals surface area contributed by atoms with Crippen molar-refractivity contribution < 1.29 is 9.47 Å². The van der Waals surface area contributed by atoms with Gasteiger partial charge < -0.3 is 19.4 Å². The number of rotatable bonds is 9. The summed E-state index contributed by atoms with van der Waals surface area (Å²) in [6.45, 7) is 8.06. The number of imidazole rings is 1. The average Bonchev–Trinajstić information content (AvgIpc) is 3.53. The first-order chi connectivity index (χ1) is 18.5. The number of aromatic nitrogens is 5. The highest BCUT2D eigenvalue weighted by Gasteiger charge is 2.41. The number of fused-ring (bicyclic) bond motifs is 1. The molecule has 0 atom stereocenters. The first-order valence-corrected chi connectivity index (χ1v) is 13.6. The Morgan fingerprint density at radius 1 is 1.05 bits per heavy atom. The molecule has 1 saturated carbocycles. The second-order valence-corrected chi connectivity index (χ2v) is 10.8. The minimum atomic E-state index is -0.207. The molecule has 4 aromatic rings. The van der Waals surface area contributed by atoms with E-state index in [0.29, 0.717) is 46.1 Å². The number of nitrogens with zero attached hydrogens (tertiary/aromatic N) is 6. The number of pyridine rings is 1. The minimum Gasteiger partial charge on any atom is -0.492 e. The first kappa shape index (κ1) is 25.3. The van der Waals surface area contributed by atoms with Gasteiger partial charge in [0.25, 0.3) is 0 Å². The number of hydrogen-bond acceptors (Lipinski definition) is 8. The highest BCUT2D eigenvalue weighted by molar-refractivity contribution is 6.33. The Balaban J connectivity index is 1.32. The van der Waals surface area contributed by atoms with Crippen molar-refractivity contribution in [3.05, 3.63) is 58.6 Å². The highest BCUT2D eigenvalue weighted by atomic mass is 35.5. The van der Waals surface area contributed by atoms with Gasteiger partial charge >= 0.3 is 0 Å².